The summed E-state index contributed by atoms with van der Waals surface area (Å²) in [6, 6.07) is 5.55. The summed E-state index contributed by atoms with van der Waals surface area (Å²) >= 11 is 6.05. The smallest absolute Gasteiger partial charge is 0.129 e. The maximum Gasteiger partial charge on any atom is 0.129 e. The van der Waals surface area contributed by atoms with Crippen LogP contribution in [0.15, 0.2) is 12.1 Å². The van der Waals surface area contributed by atoms with E-state index in [0.717, 1.165) is 21.9 Å². The summed E-state index contributed by atoms with van der Waals surface area (Å²) in [7, 11) is 1.73. The molecule has 0 aliphatic rings. The SMILES string of the molecule is CNC(C#N)COc1cc(C)c(Cl)c(C)c1. The standard InChI is InChI=1S/C12H15ClN2O/c1-8-4-11(5-9(2)12(8)13)16-7-10(6-14)15-3/h4-5,10,15H,7H2,1-3H3. The number of nitriles is 1. The number of benzene rings is 1. The van der Waals surface area contributed by atoms with Crippen LogP contribution in [0.5, 0.6) is 5.75 Å². The molecule has 1 aromatic rings. The van der Waals surface area contributed by atoms with E-state index >= 15 is 0 Å². The third-order valence-electron chi connectivity index (χ3n) is 2.33. The Hall–Kier alpha value is -1.24. The summed E-state index contributed by atoms with van der Waals surface area (Å²) < 4.78 is 5.52. The van der Waals surface area contributed by atoms with Gasteiger partial charge in [-0.1, -0.05) is 11.6 Å². The molecule has 4 heteroatoms. The predicted molar refractivity (Wildman–Crippen MR) is 64.9 cm³/mol. The average molecular weight is 239 g/mol. The van der Waals surface area contributed by atoms with Crippen molar-refractivity contribution >= 4 is 11.6 Å². The topological polar surface area (TPSA) is 45.0 Å². The molecule has 16 heavy (non-hydrogen) atoms. The van der Waals surface area contributed by atoms with Crippen molar-refractivity contribution < 1.29 is 4.74 Å². The van der Waals surface area contributed by atoms with E-state index in [2.05, 4.69) is 11.4 Å². The molecule has 0 saturated heterocycles. The van der Waals surface area contributed by atoms with Crippen LogP contribution >= 0.6 is 11.6 Å². The number of ether oxygens (including phenoxy) is 1. The molecule has 0 saturated carbocycles. The van der Waals surface area contributed by atoms with Gasteiger partial charge < -0.3 is 10.1 Å². The molecular weight excluding hydrogens is 224 g/mol. The molecule has 1 rings (SSSR count). The minimum absolute atomic E-state index is 0.295. The summed E-state index contributed by atoms with van der Waals surface area (Å²) in [5.74, 6) is 0.745. The van der Waals surface area contributed by atoms with Crippen LogP contribution in [0.25, 0.3) is 0 Å². The Bertz CT molecular complexity index is 389. The molecule has 86 valence electrons. The minimum Gasteiger partial charge on any atom is -0.491 e. The molecule has 1 N–H and O–H groups in total. The van der Waals surface area contributed by atoms with Crippen molar-refractivity contribution in [1.29, 1.82) is 5.26 Å². The third kappa shape index (κ3) is 3.13. The fraction of sp³-hybridized carbons (Fsp3) is 0.417. The molecule has 1 unspecified atom stereocenters. The quantitative estimate of drug-likeness (QED) is 0.877. The Morgan fingerprint density at radius 2 is 2.00 bits per heavy atom. The van der Waals surface area contributed by atoms with Crippen LogP contribution in [-0.4, -0.2) is 19.7 Å². The van der Waals surface area contributed by atoms with Crippen LogP contribution in [0.1, 0.15) is 11.1 Å². The largest absolute Gasteiger partial charge is 0.491 e. The van der Waals surface area contributed by atoms with Gasteiger partial charge in [0.1, 0.15) is 18.4 Å². The molecule has 1 aromatic carbocycles. The zero-order valence-electron chi connectivity index (χ0n) is 9.67. The summed E-state index contributed by atoms with van der Waals surface area (Å²) in [6.07, 6.45) is 0. The number of nitrogens with zero attached hydrogens (tertiary/aromatic N) is 1. The normalized spacial score (nSPS) is 11.9. The first-order chi connectivity index (χ1) is 7.58. The highest BCUT2D eigenvalue weighted by atomic mass is 35.5. The first kappa shape index (κ1) is 12.8. The zero-order valence-corrected chi connectivity index (χ0v) is 10.4. The van der Waals surface area contributed by atoms with E-state index in [1.54, 1.807) is 7.05 Å². The van der Waals surface area contributed by atoms with Gasteiger partial charge in [0.2, 0.25) is 0 Å². The first-order valence-electron chi connectivity index (χ1n) is 5.05. The highest BCUT2D eigenvalue weighted by Gasteiger charge is 2.07. The maximum atomic E-state index is 8.74. The van der Waals surface area contributed by atoms with Crippen molar-refractivity contribution in [2.45, 2.75) is 19.9 Å². The van der Waals surface area contributed by atoms with Gasteiger partial charge >= 0.3 is 0 Å². The molecule has 0 spiro atoms. The zero-order chi connectivity index (χ0) is 12.1. The Morgan fingerprint density at radius 3 is 2.44 bits per heavy atom. The Labute approximate surface area is 101 Å². The van der Waals surface area contributed by atoms with Crippen molar-refractivity contribution in [1.82, 2.24) is 5.32 Å². The van der Waals surface area contributed by atoms with Crippen molar-refractivity contribution in [3.8, 4) is 11.8 Å². The number of halogens is 1. The number of nitrogens with one attached hydrogen (secondary N) is 1. The highest BCUT2D eigenvalue weighted by molar-refractivity contribution is 6.32. The van der Waals surface area contributed by atoms with Gasteiger partial charge in [-0.25, -0.2) is 0 Å². The van der Waals surface area contributed by atoms with Crippen LogP contribution < -0.4 is 10.1 Å². The van der Waals surface area contributed by atoms with E-state index in [9.17, 15) is 0 Å². The number of hydrogen-bond acceptors (Lipinski definition) is 3. The van der Waals surface area contributed by atoms with Crippen LogP contribution in [0.3, 0.4) is 0 Å². The summed E-state index contributed by atoms with van der Waals surface area (Å²) in [6.45, 7) is 4.19. The van der Waals surface area contributed by atoms with E-state index in [0.29, 0.717) is 6.61 Å². The Morgan fingerprint density at radius 1 is 1.44 bits per heavy atom. The molecular formula is C12H15ClN2O. The van der Waals surface area contributed by atoms with E-state index in [1.165, 1.54) is 0 Å². The third-order valence-corrected chi connectivity index (χ3v) is 2.93. The van der Waals surface area contributed by atoms with Gasteiger partial charge in [-0.3, -0.25) is 0 Å². The molecule has 3 nitrogen and oxygen atoms in total. The fourth-order valence-electron chi connectivity index (χ4n) is 1.35. The Balaban J connectivity index is 2.72. The molecule has 0 radical (unpaired) electrons. The second kappa shape index (κ2) is 5.74. The van der Waals surface area contributed by atoms with E-state index in [1.807, 2.05) is 26.0 Å². The summed E-state index contributed by atoms with van der Waals surface area (Å²) in [5.41, 5.74) is 1.96. The van der Waals surface area contributed by atoms with Gasteiger partial charge in [-0.05, 0) is 44.2 Å². The second-order valence-electron chi connectivity index (χ2n) is 3.65. The fourth-order valence-corrected chi connectivity index (χ4v) is 1.46. The van der Waals surface area contributed by atoms with Crippen LogP contribution in [0.2, 0.25) is 5.02 Å². The lowest BCUT2D eigenvalue weighted by molar-refractivity contribution is 0.294. The molecule has 0 bridgehead atoms. The molecule has 0 aromatic heterocycles. The number of hydrogen-bond donors (Lipinski definition) is 1. The average Bonchev–Trinajstić information content (AvgIpc) is 2.27. The summed E-state index contributed by atoms with van der Waals surface area (Å²) in [4.78, 5) is 0. The molecule has 0 heterocycles. The molecule has 0 aliphatic carbocycles. The lowest BCUT2D eigenvalue weighted by atomic mass is 10.1. The van der Waals surface area contributed by atoms with Gasteiger partial charge in [-0.15, -0.1) is 0 Å². The van der Waals surface area contributed by atoms with E-state index in [-0.39, 0.29) is 6.04 Å². The molecule has 0 aliphatic heterocycles. The van der Waals surface area contributed by atoms with Gasteiger partial charge in [0.15, 0.2) is 0 Å². The van der Waals surface area contributed by atoms with Gasteiger partial charge in [0.05, 0.1) is 6.07 Å². The van der Waals surface area contributed by atoms with Crippen LogP contribution in [0.4, 0.5) is 0 Å². The second-order valence-corrected chi connectivity index (χ2v) is 4.03. The number of rotatable bonds is 4. The minimum atomic E-state index is -0.295. The van der Waals surface area contributed by atoms with E-state index < -0.39 is 0 Å². The lowest BCUT2D eigenvalue weighted by Crippen LogP contribution is -2.29. The van der Waals surface area contributed by atoms with Crippen molar-refractivity contribution in [2.75, 3.05) is 13.7 Å². The van der Waals surface area contributed by atoms with E-state index in [4.69, 9.17) is 21.6 Å². The lowest BCUT2D eigenvalue weighted by Gasteiger charge is -2.12. The number of likely N-dealkylation sites (N-methyl/N-ethyl adjacent to an activating group) is 1. The van der Waals surface area contributed by atoms with Crippen molar-refractivity contribution in [3.05, 3.63) is 28.3 Å². The molecule has 0 fully saturated rings. The van der Waals surface area contributed by atoms with Crippen molar-refractivity contribution in [2.24, 2.45) is 0 Å². The highest BCUT2D eigenvalue weighted by Crippen LogP contribution is 2.25. The van der Waals surface area contributed by atoms with Crippen LogP contribution in [-0.2, 0) is 0 Å². The molecule has 0 amide bonds. The van der Waals surface area contributed by atoms with Crippen molar-refractivity contribution in [3.63, 3.8) is 0 Å². The van der Waals surface area contributed by atoms with Gasteiger partial charge in [0.25, 0.3) is 0 Å². The van der Waals surface area contributed by atoms with Gasteiger partial charge in [-0.2, -0.15) is 5.26 Å². The predicted octanol–water partition coefficient (Wildman–Crippen LogP) is 2.45. The molecule has 1 atom stereocenters. The number of aryl methyl sites for hydroxylation is 2. The monoisotopic (exact) mass is 238 g/mol. The maximum absolute atomic E-state index is 8.74. The first-order valence-corrected chi connectivity index (χ1v) is 5.42. The Kier molecular flexibility index (Phi) is 4.60. The van der Waals surface area contributed by atoms with Gasteiger partial charge in [0, 0.05) is 5.02 Å². The summed E-state index contributed by atoms with van der Waals surface area (Å²) in [5, 5.41) is 12.4. The van der Waals surface area contributed by atoms with Crippen LogP contribution in [0, 0.1) is 25.2 Å².